The van der Waals surface area contributed by atoms with Gasteiger partial charge in [0.1, 0.15) is 5.75 Å². The molecule has 7 heteroatoms. The average molecular weight is 274 g/mol. The number of nitro benzene ring substituents is 1. The van der Waals surface area contributed by atoms with E-state index in [0.29, 0.717) is 11.4 Å². The van der Waals surface area contributed by atoms with Crippen molar-refractivity contribution in [2.75, 3.05) is 13.7 Å². The third kappa shape index (κ3) is 4.21. The monoisotopic (exact) mass is 273 g/mol. The van der Waals surface area contributed by atoms with Crippen LogP contribution in [0.3, 0.4) is 0 Å². The van der Waals surface area contributed by atoms with Crippen LogP contribution >= 0.6 is 11.6 Å². The number of carbonyl (C=O) groups is 1. The van der Waals surface area contributed by atoms with Gasteiger partial charge in [-0.05, 0) is 12.5 Å². The van der Waals surface area contributed by atoms with Crippen LogP contribution in [0.5, 0.6) is 5.75 Å². The number of hydrogen-bond donors (Lipinski definition) is 0. The normalized spacial score (nSPS) is 9.89. The quantitative estimate of drug-likeness (QED) is 0.344. The van der Waals surface area contributed by atoms with Gasteiger partial charge in [0.15, 0.2) is 0 Å². The summed E-state index contributed by atoms with van der Waals surface area (Å²) in [6, 6.07) is 3.94. The maximum absolute atomic E-state index is 10.8. The molecule has 0 aliphatic rings. The number of hydrogen-bond acceptors (Lipinski definition) is 5. The van der Waals surface area contributed by atoms with E-state index in [1.54, 1.807) is 0 Å². The molecule has 0 aromatic heterocycles. The van der Waals surface area contributed by atoms with E-state index in [9.17, 15) is 14.9 Å². The van der Waals surface area contributed by atoms with Crippen molar-refractivity contribution in [3.63, 3.8) is 0 Å². The molecule has 0 amide bonds. The highest BCUT2D eigenvalue weighted by molar-refractivity contribution is 6.32. The predicted octanol–water partition coefficient (Wildman–Crippen LogP) is 2.58. The summed E-state index contributed by atoms with van der Waals surface area (Å²) in [5.74, 6) is -0.0977. The first kappa shape index (κ1) is 14.2. The molecule has 0 atom stereocenters. The molecule has 0 radical (unpaired) electrons. The van der Waals surface area contributed by atoms with Gasteiger partial charge in [0.25, 0.3) is 5.69 Å². The highest BCUT2D eigenvalue weighted by atomic mass is 35.5. The molecule has 18 heavy (non-hydrogen) atoms. The fourth-order valence-corrected chi connectivity index (χ4v) is 1.39. The molecule has 0 saturated carbocycles. The van der Waals surface area contributed by atoms with Gasteiger partial charge in [-0.25, -0.2) is 0 Å². The Morgan fingerprint density at radius 3 is 2.83 bits per heavy atom. The van der Waals surface area contributed by atoms with Crippen LogP contribution in [-0.4, -0.2) is 24.6 Å². The Morgan fingerprint density at radius 2 is 2.22 bits per heavy atom. The summed E-state index contributed by atoms with van der Waals surface area (Å²) >= 11 is 5.83. The predicted molar refractivity (Wildman–Crippen MR) is 64.9 cm³/mol. The number of rotatable bonds is 6. The van der Waals surface area contributed by atoms with Crippen molar-refractivity contribution < 1.29 is 19.2 Å². The summed E-state index contributed by atoms with van der Waals surface area (Å²) in [4.78, 5) is 20.9. The minimum Gasteiger partial charge on any atom is -0.492 e. The Morgan fingerprint density at radius 1 is 1.50 bits per heavy atom. The summed E-state index contributed by atoms with van der Waals surface area (Å²) in [6.07, 6.45) is 0.675. The Balaban J connectivity index is 2.53. The number of non-ortho nitro benzene ring substituents is 1. The first-order valence-corrected chi connectivity index (χ1v) is 5.56. The van der Waals surface area contributed by atoms with Crippen molar-refractivity contribution in [3.05, 3.63) is 33.3 Å². The van der Waals surface area contributed by atoms with Crippen molar-refractivity contribution in [3.8, 4) is 5.75 Å². The lowest BCUT2D eigenvalue weighted by Crippen LogP contribution is -2.04. The zero-order valence-corrected chi connectivity index (χ0v) is 10.5. The van der Waals surface area contributed by atoms with Crippen molar-refractivity contribution >= 4 is 23.3 Å². The molecule has 0 aliphatic carbocycles. The van der Waals surface area contributed by atoms with Crippen LogP contribution in [0.2, 0.25) is 5.02 Å². The number of carbonyl (C=O) groups excluding carboxylic acids is 1. The molecule has 0 aliphatic heterocycles. The van der Waals surface area contributed by atoms with Gasteiger partial charge in [-0.2, -0.15) is 0 Å². The number of esters is 1. The number of methoxy groups -OCH3 is 1. The molecular weight excluding hydrogens is 262 g/mol. The molecular formula is C11H12ClNO5. The maximum Gasteiger partial charge on any atom is 0.305 e. The molecule has 1 aromatic carbocycles. The molecule has 1 rings (SSSR count). The van der Waals surface area contributed by atoms with E-state index in [1.165, 1.54) is 25.3 Å². The van der Waals surface area contributed by atoms with Crippen molar-refractivity contribution in [2.45, 2.75) is 12.8 Å². The van der Waals surface area contributed by atoms with Gasteiger partial charge in [-0.3, -0.25) is 14.9 Å². The first-order chi connectivity index (χ1) is 8.54. The summed E-state index contributed by atoms with van der Waals surface area (Å²) in [7, 11) is 1.31. The lowest BCUT2D eigenvalue weighted by molar-refractivity contribution is -0.384. The van der Waals surface area contributed by atoms with E-state index < -0.39 is 4.92 Å². The summed E-state index contributed by atoms with van der Waals surface area (Å²) in [5.41, 5.74) is -0.0950. The number of benzene rings is 1. The van der Waals surface area contributed by atoms with Crippen LogP contribution in [-0.2, 0) is 9.53 Å². The number of nitrogens with zero attached hydrogens (tertiary/aromatic N) is 1. The Labute approximate surface area is 109 Å². The average Bonchev–Trinajstić information content (AvgIpc) is 2.35. The molecule has 6 nitrogen and oxygen atoms in total. The van der Waals surface area contributed by atoms with E-state index in [1.807, 2.05) is 0 Å². The molecule has 0 bridgehead atoms. The SMILES string of the molecule is COC(=O)CCCOc1cc([N+](=O)[O-])ccc1Cl. The molecule has 0 unspecified atom stereocenters. The first-order valence-electron chi connectivity index (χ1n) is 5.18. The highest BCUT2D eigenvalue weighted by Gasteiger charge is 2.10. The van der Waals surface area contributed by atoms with E-state index in [4.69, 9.17) is 16.3 Å². The van der Waals surface area contributed by atoms with E-state index in [2.05, 4.69) is 4.74 Å². The van der Waals surface area contributed by atoms with Crippen LogP contribution in [0, 0.1) is 10.1 Å². The van der Waals surface area contributed by atoms with Gasteiger partial charge in [0, 0.05) is 12.5 Å². The standard InChI is InChI=1S/C11H12ClNO5/c1-17-11(14)3-2-6-18-10-7-8(13(15)16)4-5-9(10)12/h4-5,7H,2-3,6H2,1H3. The largest absolute Gasteiger partial charge is 0.492 e. The third-order valence-electron chi connectivity index (χ3n) is 2.14. The van der Waals surface area contributed by atoms with Crippen molar-refractivity contribution in [1.82, 2.24) is 0 Å². The number of ether oxygens (including phenoxy) is 2. The van der Waals surface area contributed by atoms with Gasteiger partial charge < -0.3 is 9.47 Å². The minimum atomic E-state index is -0.530. The molecule has 0 spiro atoms. The molecule has 1 aromatic rings. The molecule has 98 valence electrons. The smallest absolute Gasteiger partial charge is 0.305 e. The van der Waals surface area contributed by atoms with E-state index >= 15 is 0 Å². The zero-order chi connectivity index (χ0) is 13.5. The highest BCUT2D eigenvalue weighted by Crippen LogP contribution is 2.28. The maximum atomic E-state index is 10.8. The number of nitro groups is 1. The van der Waals surface area contributed by atoms with Crippen LogP contribution in [0.15, 0.2) is 18.2 Å². The summed E-state index contributed by atoms with van der Waals surface area (Å²) in [5, 5.41) is 10.9. The van der Waals surface area contributed by atoms with Crippen LogP contribution in [0.1, 0.15) is 12.8 Å². The van der Waals surface area contributed by atoms with Crippen molar-refractivity contribution in [2.24, 2.45) is 0 Å². The molecule has 0 N–H and O–H groups in total. The summed E-state index contributed by atoms with van der Waals surface area (Å²) in [6.45, 7) is 0.232. The van der Waals surface area contributed by atoms with Gasteiger partial charge in [0.05, 0.1) is 29.7 Å². The lowest BCUT2D eigenvalue weighted by atomic mass is 10.3. The van der Waals surface area contributed by atoms with Crippen molar-refractivity contribution in [1.29, 1.82) is 0 Å². The zero-order valence-electron chi connectivity index (χ0n) is 9.72. The lowest BCUT2D eigenvalue weighted by Gasteiger charge is -2.07. The van der Waals surface area contributed by atoms with Gasteiger partial charge >= 0.3 is 5.97 Å². The fraction of sp³-hybridized carbons (Fsp3) is 0.364. The molecule has 0 saturated heterocycles. The van der Waals surface area contributed by atoms with Gasteiger partial charge in [-0.1, -0.05) is 11.6 Å². The second kappa shape index (κ2) is 6.80. The van der Waals surface area contributed by atoms with Gasteiger partial charge in [-0.15, -0.1) is 0 Å². The van der Waals surface area contributed by atoms with E-state index in [-0.39, 0.29) is 30.4 Å². The Hall–Kier alpha value is -1.82. The van der Waals surface area contributed by atoms with Crippen LogP contribution < -0.4 is 4.74 Å². The number of halogens is 1. The minimum absolute atomic E-state index is 0.0950. The second-order valence-corrected chi connectivity index (χ2v) is 3.81. The van der Waals surface area contributed by atoms with E-state index in [0.717, 1.165) is 0 Å². The topological polar surface area (TPSA) is 78.7 Å². The Bertz CT molecular complexity index is 449. The van der Waals surface area contributed by atoms with Crippen LogP contribution in [0.4, 0.5) is 5.69 Å². The van der Waals surface area contributed by atoms with Gasteiger partial charge in [0.2, 0.25) is 0 Å². The Kier molecular flexibility index (Phi) is 5.38. The molecule has 0 heterocycles. The van der Waals surface area contributed by atoms with Crippen LogP contribution in [0.25, 0.3) is 0 Å². The third-order valence-corrected chi connectivity index (χ3v) is 2.45. The fourth-order valence-electron chi connectivity index (χ4n) is 1.22. The summed E-state index contributed by atoms with van der Waals surface area (Å²) < 4.78 is 9.75. The molecule has 0 fully saturated rings. The second-order valence-electron chi connectivity index (χ2n) is 3.40.